The second-order valence-electron chi connectivity index (χ2n) is 12.1. The van der Waals surface area contributed by atoms with Gasteiger partial charge in [0.25, 0.3) is 0 Å². The molecule has 0 aromatic heterocycles. The molecule has 1 heterocycles. The van der Waals surface area contributed by atoms with E-state index >= 15 is 0 Å². The van der Waals surface area contributed by atoms with Gasteiger partial charge in [-0.25, -0.2) is 0 Å². The van der Waals surface area contributed by atoms with Crippen molar-refractivity contribution in [3.63, 3.8) is 0 Å². The number of aliphatic hydroxyl groups excluding tert-OH is 1. The summed E-state index contributed by atoms with van der Waals surface area (Å²) in [5.74, 6) is -5.13. The molecule has 0 saturated carbocycles. The van der Waals surface area contributed by atoms with Crippen LogP contribution >= 0.6 is 0 Å². The van der Waals surface area contributed by atoms with Gasteiger partial charge in [0.1, 0.15) is 36.8 Å². The van der Waals surface area contributed by atoms with Gasteiger partial charge in [-0.15, -0.1) is 0 Å². The highest BCUT2D eigenvalue weighted by molar-refractivity contribution is 5.97. The summed E-state index contributed by atoms with van der Waals surface area (Å²) in [5, 5.41) is 22.4. The molecule has 47 heavy (non-hydrogen) atoms. The summed E-state index contributed by atoms with van der Waals surface area (Å²) < 4.78 is 5.23. The molecule has 1 aliphatic rings. The van der Waals surface area contributed by atoms with Crippen LogP contribution in [0.15, 0.2) is 30.3 Å². The quantitative estimate of drug-likeness (QED) is 0.0928. The van der Waals surface area contributed by atoms with Gasteiger partial charge in [0.2, 0.25) is 35.4 Å². The summed E-state index contributed by atoms with van der Waals surface area (Å²) in [6.07, 6.45) is 0.711. The molecular weight excluding hydrogens is 612 g/mol. The Morgan fingerprint density at radius 2 is 1.57 bits per heavy atom. The summed E-state index contributed by atoms with van der Waals surface area (Å²) >= 11 is 0. The average Bonchev–Trinajstić information content (AvgIpc) is 3.48. The highest BCUT2D eigenvalue weighted by Gasteiger charge is 2.34. The number of amides is 6. The van der Waals surface area contributed by atoms with E-state index in [1.807, 2.05) is 19.9 Å². The molecule has 1 aliphatic heterocycles. The first kappa shape index (κ1) is 38.7. The van der Waals surface area contributed by atoms with Crippen molar-refractivity contribution in [1.29, 1.82) is 0 Å². The van der Waals surface area contributed by atoms with Crippen LogP contribution in [0, 0.1) is 11.8 Å². The van der Waals surface area contributed by atoms with Crippen LogP contribution in [0.3, 0.4) is 0 Å². The zero-order valence-corrected chi connectivity index (χ0v) is 27.4. The van der Waals surface area contributed by atoms with Crippen LogP contribution < -0.4 is 32.3 Å². The molecule has 0 unspecified atom stereocenters. The average molecular weight is 661 g/mol. The Labute approximate surface area is 274 Å². The molecule has 8 N–H and O–H groups in total. The van der Waals surface area contributed by atoms with Gasteiger partial charge in [0.15, 0.2) is 0 Å². The number of aliphatic hydroxyl groups is 1. The van der Waals surface area contributed by atoms with Crippen LogP contribution in [-0.2, 0) is 44.9 Å². The van der Waals surface area contributed by atoms with Crippen LogP contribution in [0.5, 0.6) is 0 Å². The lowest BCUT2D eigenvalue weighted by atomic mass is 9.96. The van der Waals surface area contributed by atoms with Crippen molar-refractivity contribution >= 4 is 41.4 Å². The molecular formula is C32H48N6O9. The van der Waals surface area contributed by atoms with Gasteiger partial charge in [0, 0.05) is 12.8 Å². The lowest BCUT2D eigenvalue weighted by Crippen LogP contribution is -2.60. The fraction of sp³-hybridized carbons (Fsp3) is 0.594. The van der Waals surface area contributed by atoms with Crippen molar-refractivity contribution in [3.05, 3.63) is 35.9 Å². The fourth-order valence-electron chi connectivity index (χ4n) is 4.83. The summed E-state index contributed by atoms with van der Waals surface area (Å²) in [6.45, 7) is 6.46. The maximum absolute atomic E-state index is 13.5. The van der Waals surface area contributed by atoms with E-state index in [1.165, 1.54) is 0 Å². The molecule has 15 nitrogen and oxygen atoms in total. The zero-order valence-electron chi connectivity index (χ0n) is 27.4. The largest absolute Gasteiger partial charge is 0.461 e. The summed E-state index contributed by atoms with van der Waals surface area (Å²) in [5.41, 5.74) is 6.30. The SMILES string of the molecule is CC[C@H](C)[C@H](NC(=O)[C@H](CC(C)C)NC(=O)[C@H](CO)NC(=O)[C@H]1CCC(=O)N1)C(=O)N[C@@H](CCC(=O)OCc1ccccc1)C(N)=O. The van der Waals surface area contributed by atoms with E-state index in [4.69, 9.17) is 10.5 Å². The van der Waals surface area contributed by atoms with Gasteiger partial charge in [-0.3, -0.25) is 33.6 Å². The molecule has 15 heteroatoms. The Morgan fingerprint density at radius 3 is 2.13 bits per heavy atom. The third-order valence-electron chi connectivity index (χ3n) is 7.80. The van der Waals surface area contributed by atoms with Crippen LogP contribution in [0.2, 0.25) is 0 Å². The molecule has 2 rings (SSSR count). The van der Waals surface area contributed by atoms with Gasteiger partial charge in [-0.05, 0) is 36.7 Å². The van der Waals surface area contributed by atoms with Gasteiger partial charge in [-0.2, -0.15) is 0 Å². The molecule has 260 valence electrons. The van der Waals surface area contributed by atoms with E-state index in [1.54, 1.807) is 38.1 Å². The lowest BCUT2D eigenvalue weighted by Gasteiger charge is -2.29. The molecule has 1 fully saturated rings. The lowest BCUT2D eigenvalue weighted by molar-refractivity contribution is -0.145. The number of primary amides is 1. The predicted octanol–water partition coefficient (Wildman–Crippen LogP) is -0.702. The fourth-order valence-corrected chi connectivity index (χ4v) is 4.83. The predicted molar refractivity (Wildman–Crippen MR) is 170 cm³/mol. The van der Waals surface area contributed by atoms with Crippen LogP contribution in [0.4, 0.5) is 0 Å². The van der Waals surface area contributed by atoms with Crippen molar-refractivity contribution in [2.75, 3.05) is 6.61 Å². The first-order chi connectivity index (χ1) is 22.2. The number of rotatable bonds is 19. The summed E-state index contributed by atoms with van der Waals surface area (Å²) in [4.78, 5) is 88.4. The van der Waals surface area contributed by atoms with E-state index in [-0.39, 0.29) is 50.5 Å². The third-order valence-corrected chi connectivity index (χ3v) is 7.80. The van der Waals surface area contributed by atoms with E-state index in [0.717, 1.165) is 5.56 Å². The maximum atomic E-state index is 13.5. The molecule has 1 saturated heterocycles. The number of hydrogen-bond acceptors (Lipinski definition) is 9. The summed E-state index contributed by atoms with van der Waals surface area (Å²) in [6, 6.07) is 3.29. The van der Waals surface area contributed by atoms with E-state index in [0.29, 0.717) is 6.42 Å². The number of hydrogen-bond donors (Lipinski definition) is 7. The van der Waals surface area contributed by atoms with Crippen molar-refractivity contribution in [1.82, 2.24) is 26.6 Å². The van der Waals surface area contributed by atoms with E-state index in [2.05, 4.69) is 26.6 Å². The number of esters is 1. The van der Waals surface area contributed by atoms with Crippen molar-refractivity contribution in [2.45, 2.75) is 103 Å². The Bertz CT molecular complexity index is 1260. The Kier molecular flexibility index (Phi) is 15.8. The normalized spacial score (nSPS) is 17.3. The van der Waals surface area contributed by atoms with E-state index < -0.39 is 78.2 Å². The standard InChI is InChI=1S/C32H48N6O9/c1-5-19(4)27(32(46)35-21(28(33)42)12-14-26(41)47-17-20-9-7-6-8-10-20)38-30(44)23(15-18(2)3)36-31(45)24(16-39)37-29(43)22-11-13-25(40)34-22/h6-10,18-19,21-24,27,39H,5,11-17H2,1-4H3,(H2,33,42)(H,34,40)(H,35,46)(H,36,45)(H,37,43)(H,38,44)/t19-,21-,22+,23-,24-,27-/m0/s1. The molecule has 0 bridgehead atoms. The number of carbonyl (C=O) groups is 7. The number of ether oxygens (including phenoxy) is 1. The minimum absolute atomic E-state index is 0.0492. The third kappa shape index (κ3) is 13.0. The molecule has 1 aromatic rings. The van der Waals surface area contributed by atoms with Crippen molar-refractivity contribution in [3.8, 4) is 0 Å². The topological polar surface area (TPSA) is 235 Å². The monoisotopic (exact) mass is 660 g/mol. The second kappa shape index (κ2) is 19.2. The minimum atomic E-state index is -1.40. The molecule has 0 aliphatic carbocycles. The van der Waals surface area contributed by atoms with Gasteiger partial charge < -0.3 is 42.2 Å². The number of benzene rings is 1. The highest BCUT2D eigenvalue weighted by Crippen LogP contribution is 2.13. The van der Waals surface area contributed by atoms with Gasteiger partial charge in [-0.1, -0.05) is 64.4 Å². The highest BCUT2D eigenvalue weighted by atomic mass is 16.5. The van der Waals surface area contributed by atoms with Crippen molar-refractivity contribution in [2.24, 2.45) is 17.6 Å². The van der Waals surface area contributed by atoms with E-state index in [9.17, 15) is 38.7 Å². The maximum Gasteiger partial charge on any atom is 0.306 e. The zero-order chi connectivity index (χ0) is 35.1. The first-order valence-corrected chi connectivity index (χ1v) is 15.9. The molecule has 0 spiro atoms. The molecule has 1 aromatic carbocycles. The molecule has 6 amide bonds. The Balaban J connectivity index is 2.06. The van der Waals surface area contributed by atoms with Crippen LogP contribution in [-0.4, -0.2) is 83.3 Å². The number of nitrogens with two attached hydrogens (primary N) is 1. The number of carbonyl (C=O) groups excluding carboxylic acids is 7. The summed E-state index contributed by atoms with van der Waals surface area (Å²) in [7, 11) is 0. The van der Waals surface area contributed by atoms with Gasteiger partial charge in [0.05, 0.1) is 6.61 Å². The Morgan fingerprint density at radius 1 is 0.936 bits per heavy atom. The molecule has 6 atom stereocenters. The smallest absolute Gasteiger partial charge is 0.306 e. The number of nitrogens with one attached hydrogen (secondary N) is 5. The first-order valence-electron chi connectivity index (χ1n) is 15.9. The Hall–Kier alpha value is -4.53. The second-order valence-corrected chi connectivity index (χ2v) is 12.1. The van der Waals surface area contributed by atoms with Crippen molar-refractivity contribution < 1.29 is 43.4 Å². The van der Waals surface area contributed by atoms with Crippen LogP contribution in [0.25, 0.3) is 0 Å². The van der Waals surface area contributed by atoms with Crippen LogP contribution in [0.1, 0.15) is 71.8 Å². The molecule has 0 radical (unpaired) electrons. The van der Waals surface area contributed by atoms with Gasteiger partial charge >= 0.3 is 5.97 Å². The minimum Gasteiger partial charge on any atom is -0.461 e.